The SMILES string of the molecule is C=C(CC1CCN(C(=O)C(C)(F)F)CC1c1ccc(F)cc1)C(=O)c1cc(C(=N)OC(=N)C(F)F)ccc1CC. The van der Waals surface area contributed by atoms with Gasteiger partial charge in [0.05, 0.1) is 0 Å². The Balaban J connectivity index is 1.85. The van der Waals surface area contributed by atoms with Crippen molar-refractivity contribution in [1.82, 2.24) is 4.90 Å². The Morgan fingerprint density at radius 2 is 1.80 bits per heavy atom. The fourth-order valence-electron chi connectivity index (χ4n) is 4.85. The third-order valence-corrected chi connectivity index (χ3v) is 6.95. The minimum atomic E-state index is -3.55. The second-order valence-electron chi connectivity index (χ2n) is 9.80. The van der Waals surface area contributed by atoms with Gasteiger partial charge in [0.2, 0.25) is 5.90 Å². The van der Waals surface area contributed by atoms with E-state index in [1.165, 1.54) is 36.4 Å². The maximum atomic E-state index is 13.8. The Labute approximate surface area is 228 Å². The zero-order chi connectivity index (χ0) is 29.8. The third kappa shape index (κ3) is 7.19. The molecule has 1 amide bonds. The number of alkyl halides is 4. The average molecular weight is 564 g/mol. The van der Waals surface area contributed by atoms with E-state index in [4.69, 9.17) is 10.8 Å². The number of benzene rings is 2. The molecule has 2 aromatic rings. The first-order valence-electron chi connectivity index (χ1n) is 12.6. The molecule has 0 saturated carbocycles. The van der Waals surface area contributed by atoms with Crippen LogP contribution in [0.3, 0.4) is 0 Å². The monoisotopic (exact) mass is 563 g/mol. The number of carbonyl (C=O) groups is 2. The van der Waals surface area contributed by atoms with Crippen molar-refractivity contribution >= 4 is 23.5 Å². The topological polar surface area (TPSA) is 94.3 Å². The van der Waals surface area contributed by atoms with Gasteiger partial charge in [-0.05, 0) is 66.1 Å². The van der Waals surface area contributed by atoms with Crippen LogP contribution in [0.15, 0.2) is 54.6 Å². The van der Waals surface area contributed by atoms with Crippen LogP contribution in [0.25, 0.3) is 0 Å². The number of likely N-dealkylation sites (tertiary alicyclic amines) is 1. The molecule has 1 heterocycles. The van der Waals surface area contributed by atoms with Crippen molar-refractivity contribution in [3.8, 4) is 0 Å². The molecule has 0 radical (unpaired) electrons. The van der Waals surface area contributed by atoms with Gasteiger partial charge in [-0.3, -0.25) is 20.4 Å². The van der Waals surface area contributed by atoms with Crippen molar-refractivity contribution in [2.45, 2.75) is 51.4 Å². The molecule has 2 aromatic carbocycles. The standard InChI is InChI=1S/C29H30F5N3O3/c1-4-17-5-6-20(26(35)40-27(36)25(31)32)14-22(17)24(38)16(2)13-19-11-12-37(28(39)29(3,33)34)15-23(19)18-7-9-21(30)10-8-18/h5-10,14,19,23,25,35-36H,2,4,11-13,15H2,1,3H3. The number of aryl methyl sites for hydroxylation is 1. The lowest BCUT2D eigenvalue weighted by atomic mass is 9.76. The molecule has 1 fully saturated rings. The molecule has 2 N–H and O–H groups in total. The van der Waals surface area contributed by atoms with Crippen LogP contribution in [0.4, 0.5) is 22.0 Å². The summed E-state index contributed by atoms with van der Waals surface area (Å²) >= 11 is 0. The first-order valence-corrected chi connectivity index (χ1v) is 12.6. The molecule has 0 aliphatic carbocycles. The van der Waals surface area contributed by atoms with Gasteiger partial charge in [-0.25, -0.2) is 4.39 Å². The van der Waals surface area contributed by atoms with E-state index in [2.05, 4.69) is 11.3 Å². The van der Waals surface area contributed by atoms with E-state index < -0.39 is 47.6 Å². The van der Waals surface area contributed by atoms with Crippen LogP contribution in [0.1, 0.15) is 59.7 Å². The molecule has 0 aromatic heterocycles. The number of hydrogen-bond acceptors (Lipinski definition) is 5. The number of carbonyl (C=O) groups excluding carboxylic acids is 2. The molecule has 11 heteroatoms. The highest BCUT2D eigenvalue weighted by atomic mass is 19.3. The quantitative estimate of drug-likeness (QED) is 0.122. The van der Waals surface area contributed by atoms with E-state index >= 15 is 0 Å². The summed E-state index contributed by atoms with van der Waals surface area (Å²) in [6.07, 6.45) is -2.30. The van der Waals surface area contributed by atoms with Crippen LogP contribution in [0.2, 0.25) is 0 Å². The summed E-state index contributed by atoms with van der Waals surface area (Å²) in [7, 11) is 0. The second-order valence-corrected chi connectivity index (χ2v) is 9.80. The Morgan fingerprint density at radius 1 is 1.15 bits per heavy atom. The number of nitrogens with one attached hydrogen (secondary N) is 2. The summed E-state index contributed by atoms with van der Waals surface area (Å²) in [4.78, 5) is 26.9. The predicted molar refractivity (Wildman–Crippen MR) is 140 cm³/mol. The highest BCUT2D eigenvalue weighted by Gasteiger charge is 2.41. The molecular weight excluding hydrogens is 533 g/mol. The zero-order valence-electron chi connectivity index (χ0n) is 22.1. The Kier molecular flexibility index (Phi) is 9.60. The number of amides is 1. The molecule has 6 nitrogen and oxygen atoms in total. The number of halogens is 5. The van der Waals surface area contributed by atoms with Gasteiger partial charge >= 0.3 is 12.3 Å². The molecular formula is C29H30F5N3O3. The van der Waals surface area contributed by atoms with Crippen LogP contribution >= 0.6 is 0 Å². The number of nitrogens with zero attached hydrogens (tertiary/aromatic N) is 1. The van der Waals surface area contributed by atoms with Gasteiger partial charge in [0, 0.05) is 37.1 Å². The summed E-state index contributed by atoms with van der Waals surface area (Å²) in [5.74, 6) is -8.63. The minimum Gasteiger partial charge on any atom is -0.419 e. The summed E-state index contributed by atoms with van der Waals surface area (Å²) in [5, 5.41) is 15.1. The van der Waals surface area contributed by atoms with Crippen molar-refractivity contribution < 1.29 is 36.3 Å². The lowest BCUT2D eigenvalue weighted by Crippen LogP contribution is -2.48. The van der Waals surface area contributed by atoms with Crippen molar-refractivity contribution in [3.05, 3.63) is 82.7 Å². The van der Waals surface area contributed by atoms with Gasteiger partial charge in [0.1, 0.15) is 5.82 Å². The molecule has 2 atom stereocenters. The smallest absolute Gasteiger partial charge is 0.322 e. The fourth-order valence-corrected chi connectivity index (χ4v) is 4.85. The van der Waals surface area contributed by atoms with Crippen LogP contribution < -0.4 is 0 Å². The number of hydrogen-bond donors (Lipinski definition) is 2. The largest absolute Gasteiger partial charge is 0.419 e. The molecule has 0 spiro atoms. The summed E-state index contributed by atoms with van der Waals surface area (Å²) in [6.45, 7) is 6.31. The number of allylic oxidation sites excluding steroid dienone is 1. The van der Waals surface area contributed by atoms with Crippen molar-refractivity contribution in [2.24, 2.45) is 5.92 Å². The number of piperidine rings is 1. The summed E-state index contributed by atoms with van der Waals surface area (Å²) in [6, 6.07) is 9.86. The third-order valence-electron chi connectivity index (χ3n) is 6.95. The van der Waals surface area contributed by atoms with Gasteiger partial charge in [0.15, 0.2) is 5.78 Å². The molecule has 2 unspecified atom stereocenters. The van der Waals surface area contributed by atoms with Gasteiger partial charge in [-0.2, -0.15) is 17.6 Å². The maximum absolute atomic E-state index is 13.8. The highest BCUT2D eigenvalue weighted by molar-refractivity contribution is 6.11. The number of ketones is 1. The molecule has 214 valence electrons. The molecule has 0 bridgehead atoms. The number of rotatable bonds is 9. The lowest BCUT2D eigenvalue weighted by molar-refractivity contribution is -0.156. The average Bonchev–Trinajstić information content (AvgIpc) is 2.91. The molecule has 1 aliphatic heterocycles. The first kappa shape index (κ1) is 30.6. The normalized spacial score (nSPS) is 17.4. The van der Waals surface area contributed by atoms with Gasteiger partial charge < -0.3 is 9.64 Å². The second kappa shape index (κ2) is 12.5. The minimum absolute atomic E-state index is 0.0234. The van der Waals surface area contributed by atoms with E-state index in [-0.39, 0.29) is 42.1 Å². The Morgan fingerprint density at radius 3 is 2.38 bits per heavy atom. The Hall–Kier alpha value is -3.89. The van der Waals surface area contributed by atoms with Gasteiger partial charge in [0.25, 0.3) is 11.8 Å². The van der Waals surface area contributed by atoms with E-state index in [1.54, 1.807) is 6.07 Å². The zero-order valence-corrected chi connectivity index (χ0v) is 22.1. The van der Waals surface area contributed by atoms with Crippen LogP contribution in [-0.4, -0.2) is 53.8 Å². The van der Waals surface area contributed by atoms with Crippen molar-refractivity contribution in [3.63, 3.8) is 0 Å². The maximum Gasteiger partial charge on any atom is 0.322 e. The highest BCUT2D eigenvalue weighted by Crippen LogP contribution is 2.38. The Bertz CT molecular complexity index is 1300. The summed E-state index contributed by atoms with van der Waals surface area (Å²) in [5.41, 5.74) is 1.66. The first-order chi connectivity index (χ1) is 18.7. The van der Waals surface area contributed by atoms with Crippen molar-refractivity contribution in [2.75, 3.05) is 13.1 Å². The molecule has 1 saturated heterocycles. The summed E-state index contributed by atoms with van der Waals surface area (Å²) < 4.78 is 71.1. The van der Waals surface area contributed by atoms with Crippen LogP contribution in [0.5, 0.6) is 0 Å². The van der Waals surface area contributed by atoms with Crippen molar-refractivity contribution in [1.29, 1.82) is 10.8 Å². The predicted octanol–water partition coefficient (Wildman–Crippen LogP) is 6.39. The van der Waals surface area contributed by atoms with E-state index in [9.17, 15) is 31.5 Å². The molecule has 40 heavy (non-hydrogen) atoms. The van der Waals surface area contributed by atoms with E-state index in [1.807, 2.05) is 6.92 Å². The molecule has 3 rings (SSSR count). The van der Waals surface area contributed by atoms with Crippen LogP contribution in [-0.2, 0) is 16.0 Å². The number of ether oxygens (including phenoxy) is 1. The van der Waals surface area contributed by atoms with E-state index in [0.29, 0.717) is 30.9 Å². The van der Waals surface area contributed by atoms with Gasteiger partial charge in [-0.1, -0.05) is 31.7 Å². The number of Topliss-reactive ketones (excluding diaryl/α,β-unsaturated/α-hetero) is 1. The van der Waals surface area contributed by atoms with Crippen LogP contribution in [0, 0.1) is 22.6 Å². The van der Waals surface area contributed by atoms with E-state index in [0.717, 1.165) is 4.90 Å². The lowest BCUT2D eigenvalue weighted by Gasteiger charge is -2.40. The fraction of sp³-hybridized carbons (Fsp3) is 0.379. The molecule has 1 aliphatic rings. The van der Waals surface area contributed by atoms with Gasteiger partial charge in [-0.15, -0.1) is 0 Å².